The van der Waals surface area contributed by atoms with E-state index >= 15 is 0 Å². The maximum Gasteiger partial charge on any atom is 0.277 e. The Kier molecular flexibility index (Phi) is 4.01. The van der Waals surface area contributed by atoms with E-state index in [0.717, 1.165) is 11.3 Å². The molecule has 0 bridgehead atoms. The Hall–Kier alpha value is -1.76. The third-order valence-electron chi connectivity index (χ3n) is 3.54. The summed E-state index contributed by atoms with van der Waals surface area (Å²) in [6.07, 6.45) is 4.01. The molecule has 0 spiro atoms. The number of aryl methyl sites for hydroxylation is 1. The number of nitrogens with one attached hydrogen (secondary N) is 1. The summed E-state index contributed by atoms with van der Waals surface area (Å²) in [5, 5.41) is 11.3. The van der Waals surface area contributed by atoms with E-state index in [1.54, 1.807) is 12.3 Å². The van der Waals surface area contributed by atoms with Gasteiger partial charge in [0.2, 0.25) is 5.91 Å². The fraction of sp³-hybridized carbons (Fsp3) is 0.500. The van der Waals surface area contributed by atoms with E-state index in [1.807, 2.05) is 13.8 Å². The average molecular weight is 307 g/mol. The SMILES string of the molecule is Cc1occc1-c1nnc(SCC(=O)N[C@@H](C)C2CC2)o1. The Bertz CT molecular complexity index is 633. The van der Waals surface area contributed by atoms with Crippen molar-refractivity contribution in [2.45, 2.75) is 38.0 Å². The minimum Gasteiger partial charge on any atom is -0.469 e. The molecule has 7 heteroatoms. The lowest BCUT2D eigenvalue weighted by atomic mass is 10.2. The van der Waals surface area contributed by atoms with Gasteiger partial charge in [0.15, 0.2) is 0 Å². The van der Waals surface area contributed by atoms with Gasteiger partial charge < -0.3 is 14.2 Å². The van der Waals surface area contributed by atoms with Crippen LogP contribution >= 0.6 is 11.8 Å². The van der Waals surface area contributed by atoms with E-state index < -0.39 is 0 Å². The Morgan fingerprint density at radius 1 is 1.52 bits per heavy atom. The topological polar surface area (TPSA) is 81.2 Å². The second-order valence-electron chi connectivity index (χ2n) is 5.25. The van der Waals surface area contributed by atoms with E-state index in [-0.39, 0.29) is 17.7 Å². The lowest BCUT2D eigenvalue weighted by molar-refractivity contribution is -0.119. The van der Waals surface area contributed by atoms with E-state index in [0.29, 0.717) is 17.0 Å². The molecule has 1 aliphatic carbocycles. The fourth-order valence-corrected chi connectivity index (χ4v) is 2.70. The van der Waals surface area contributed by atoms with Crippen molar-refractivity contribution >= 4 is 17.7 Å². The third-order valence-corrected chi connectivity index (χ3v) is 4.36. The molecule has 1 aliphatic rings. The van der Waals surface area contributed by atoms with Gasteiger partial charge in [-0.1, -0.05) is 11.8 Å². The van der Waals surface area contributed by atoms with Gasteiger partial charge in [0.05, 0.1) is 17.6 Å². The van der Waals surface area contributed by atoms with Gasteiger partial charge in [-0.3, -0.25) is 4.79 Å². The molecule has 1 fully saturated rings. The molecule has 0 aromatic carbocycles. The number of rotatable bonds is 6. The summed E-state index contributed by atoms with van der Waals surface area (Å²) in [7, 11) is 0. The zero-order chi connectivity index (χ0) is 14.8. The molecule has 1 amide bonds. The highest BCUT2D eigenvalue weighted by atomic mass is 32.2. The highest BCUT2D eigenvalue weighted by molar-refractivity contribution is 7.99. The van der Waals surface area contributed by atoms with Gasteiger partial charge in [-0.2, -0.15) is 0 Å². The summed E-state index contributed by atoms with van der Waals surface area (Å²) >= 11 is 1.24. The zero-order valence-corrected chi connectivity index (χ0v) is 12.8. The average Bonchev–Trinajstić information content (AvgIpc) is 3.07. The lowest BCUT2D eigenvalue weighted by Gasteiger charge is -2.11. The van der Waals surface area contributed by atoms with E-state index in [4.69, 9.17) is 8.83 Å². The van der Waals surface area contributed by atoms with Gasteiger partial charge in [-0.05, 0) is 38.7 Å². The van der Waals surface area contributed by atoms with E-state index in [2.05, 4.69) is 15.5 Å². The summed E-state index contributed by atoms with van der Waals surface area (Å²) < 4.78 is 10.7. The van der Waals surface area contributed by atoms with Crippen molar-refractivity contribution in [3.8, 4) is 11.5 Å². The number of thioether (sulfide) groups is 1. The summed E-state index contributed by atoms with van der Waals surface area (Å²) in [5.41, 5.74) is 0.779. The predicted octanol–water partition coefficient (Wildman–Crippen LogP) is 2.64. The van der Waals surface area contributed by atoms with Crippen LogP contribution in [0.2, 0.25) is 0 Å². The molecule has 3 rings (SSSR count). The quantitative estimate of drug-likeness (QED) is 0.826. The molecular formula is C14H17N3O3S. The van der Waals surface area contributed by atoms with Crippen molar-refractivity contribution < 1.29 is 13.6 Å². The number of amides is 1. The van der Waals surface area contributed by atoms with Gasteiger partial charge in [0.1, 0.15) is 5.76 Å². The van der Waals surface area contributed by atoms with Gasteiger partial charge in [0.25, 0.3) is 11.1 Å². The van der Waals surface area contributed by atoms with Gasteiger partial charge in [0, 0.05) is 6.04 Å². The number of furan rings is 1. The molecule has 0 aliphatic heterocycles. The standard InChI is InChI=1S/C14H17N3O3S/c1-8(10-3-4-10)15-12(18)7-21-14-17-16-13(20-14)11-5-6-19-9(11)2/h5-6,8,10H,3-4,7H2,1-2H3,(H,15,18)/t8-/m0/s1. The molecule has 112 valence electrons. The molecule has 1 atom stereocenters. The van der Waals surface area contributed by atoms with E-state index in [1.165, 1.54) is 24.6 Å². The molecule has 0 saturated heterocycles. The maximum absolute atomic E-state index is 11.8. The second kappa shape index (κ2) is 5.93. The largest absolute Gasteiger partial charge is 0.469 e. The van der Waals surface area contributed by atoms with Gasteiger partial charge >= 0.3 is 0 Å². The van der Waals surface area contributed by atoms with Crippen LogP contribution in [0.15, 0.2) is 26.4 Å². The molecule has 2 aromatic rings. The molecule has 0 unspecified atom stereocenters. The first kappa shape index (κ1) is 14.2. The zero-order valence-electron chi connectivity index (χ0n) is 12.0. The van der Waals surface area contributed by atoms with Crippen LogP contribution in [0.3, 0.4) is 0 Å². The summed E-state index contributed by atoms with van der Waals surface area (Å²) in [4.78, 5) is 11.8. The van der Waals surface area contributed by atoms with Crippen LogP contribution in [0.5, 0.6) is 0 Å². The molecule has 1 N–H and O–H groups in total. The molecular weight excluding hydrogens is 290 g/mol. The fourth-order valence-electron chi connectivity index (χ4n) is 2.12. The number of carbonyl (C=O) groups is 1. The van der Waals surface area contributed by atoms with Crippen LogP contribution in [0, 0.1) is 12.8 Å². The summed E-state index contributed by atoms with van der Waals surface area (Å²) in [6, 6.07) is 2.03. The van der Waals surface area contributed by atoms with Crippen molar-refractivity contribution in [3.05, 3.63) is 18.1 Å². The number of hydrogen-bond acceptors (Lipinski definition) is 6. The first-order chi connectivity index (χ1) is 10.1. The van der Waals surface area contributed by atoms with Crippen molar-refractivity contribution in [3.63, 3.8) is 0 Å². The minimum absolute atomic E-state index is 0.00126. The van der Waals surface area contributed by atoms with Gasteiger partial charge in [-0.15, -0.1) is 10.2 Å². The van der Waals surface area contributed by atoms with Crippen molar-refractivity contribution in [2.24, 2.45) is 5.92 Å². The first-order valence-electron chi connectivity index (χ1n) is 6.93. The van der Waals surface area contributed by atoms with Crippen molar-refractivity contribution in [1.82, 2.24) is 15.5 Å². The van der Waals surface area contributed by atoms with E-state index in [9.17, 15) is 4.79 Å². The molecule has 21 heavy (non-hydrogen) atoms. The first-order valence-corrected chi connectivity index (χ1v) is 7.92. The monoisotopic (exact) mass is 307 g/mol. The Balaban J connectivity index is 1.53. The molecule has 1 saturated carbocycles. The van der Waals surface area contributed by atoms with Crippen LogP contribution in [0.25, 0.3) is 11.5 Å². The molecule has 2 aromatic heterocycles. The third kappa shape index (κ3) is 3.47. The highest BCUT2D eigenvalue weighted by Crippen LogP contribution is 2.32. The van der Waals surface area contributed by atoms with Crippen LogP contribution in [0.4, 0.5) is 0 Å². The van der Waals surface area contributed by atoms with Crippen LogP contribution < -0.4 is 5.32 Å². The van der Waals surface area contributed by atoms with Gasteiger partial charge in [-0.25, -0.2) is 0 Å². The second-order valence-corrected chi connectivity index (χ2v) is 6.17. The summed E-state index contributed by atoms with van der Waals surface area (Å²) in [6.45, 7) is 3.88. The predicted molar refractivity (Wildman–Crippen MR) is 77.8 cm³/mol. The van der Waals surface area contributed by atoms with Crippen molar-refractivity contribution in [2.75, 3.05) is 5.75 Å². The summed E-state index contributed by atoms with van der Waals surface area (Å²) in [5.74, 6) is 2.07. The number of aromatic nitrogens is 2. The Morgan fingerprint density at radius 3 is 3.00 bits per heavy atom. The minimum atomic E-state index is -0.00126. The Morgan fingerprint density at radius 2 is 2.33 bits per heavy atom. The molecule has 2 heterocycles. The smallest absolute Gasteiger partial charge is 0.277 e. The van der Waals surface area contributed by atoms with Crippen molar-refractivity contribution in [1.29, 1.82) is 0 Å². The van der Waals surface area contributed by atoms with Crippen LogP contribution in [0.1, 0.15) is 25.5 Å². The Labute approximate surface area is 126 Å². The number of nitrogens with zero attached hydrogens (tertiary/aromatic N) is 2. The lowest BCUT2D eigenvalue weighted by Crippen LogP contribution is -2.35. The maximum atomic E-state index is 11.8. The number of carbonyl (C=O) groups excluding carboxylic acids is 1. The normalized spacial score (nSPS) is 15.9. The molecule has 6 nitrogen and oxygen atoms in total. The molecule has 0 radical (unpaired) electrons. The van der Waals surface area contributed by atoms with Crippen LogP contribution in [-0.2, 0) is 4.79 Å². The highest BCUT2D eigenvalue weighted by Gasteiger charge is 2.28. The van der Waals surface area contributed by atoms with Crippen LogP contribution in [-0.4, -0.2) is 27.9 Å². The number of hydrogen-bond donors (Lipinski definition) is 1.